The maximum absolute atomic E-state index is 14.3. The molecule has 0 saturated carbocycles. The van der Waals surface area contributed by atoms with E-state index in [1.807, 2.05) is 36.4 Å². The molecule has 0 bridgehead atoms. The third kappa shape index (κ3) is 4.99. The summed E-state index contributed by atoms with van der Waals surface area (Å²) >= 11 is 5.14. The molecule has 3 aromatic carbocycles. The van der Waals surface area contributed by atoms with Gasteiger partial charge in [0.1, 0.15) is 11.4 Å². The number of H-pyrrole nitrogens is 1. The molecule has 0 aliphatic rings. The quantitative estimate of drug-likeness (QED) is 0.288. The zero-order valence-electron chi connectivity index (χ0n) is 17.7. The van der Waals surface area contributed by atoms with Crippen molar-refractivity contribution in [1.82, 2.24) is 9.55 Å². The molecule has 0 amide bonds. The van der Waals surface area contributed by atoms with Gasteiger partial charge in [-0.25, -0.2) is 4.39 Å². The lowest BCUT2D eigenvalue weighted by Gasteiger charge is -2.17. The second-order valence-electron chi connectivity index (χ2n) is 7.48. The molecule has 4 rings (SSSR count). The molecule has 0 fully saturated rings. The molecule has 0 saturated heterocycles. The summed E-state index contributed by atoms with van der Waals surface area (Å²) < 4.78 is 15.3. The summed E-state index contributed by atoms with van der Waals surface area (Å²) in [5.41, 5.74) is 1.72. The van der Waals surface area contributed by atoms with Crippen molar-refractivity contribution in [2.75, 3.05) is 6.54 Å². The highest BCUT2D eigenvalue weighted by Crippen LogP contribution is 2.28. The summed E-state index contributed by atoms with van der Waals surface area (Å²) in [5.74, 6) is -0.900. The molecule has 33 heavy (non-hydrogen) atoms. The van der Waals surface area contributed by atoms with Gasteiger partial charge in [-0.3, -0.25) is 19.3 Å². The van der Waals surface area contributed by atoms with Crippen molar-refractivity contribution in [3.05, 3.63) is 123 Å². The first-order valence-electron chi connectivity index (χ1n) is 10.5. The molecule has 0 spiro atoms. The number of aromatic amines is 1. The smallest absolute Gasteiger partial charge is 0.264 e. The van der Waals surface area contributed by atoms with E-state index in [2.05, 4.69) is 34.2 Å². The van der Waals surface area contributed by atoms with Gasteiger partial charge in [-0.1, -0.05) is 72.8 Å². The highest BCUT2D eigenvalue weighted by atomic mass is 32.1. The maximum Gasteiger partial charge on any atom is 0.264 e. The molecule has 1 heterocycles. The van der Waals surface area contributed by atoms with Crippen LogP contribution in [0.4, 0.5) is 4.39 Å². The lowest BCUT2D eigenvalue weighted by molar-refractivity contribution is 0.429. The van der Waals surface area contributed by atoms with Gasteiger partial charge in [-0.05, 0) is 41.9 Å². The zero-order chi connectivity index (χ0) is 23.2. The average Bonchev–Trinajstić information content (AvgIpc) is 2.83. The molecule has 0 unspecified atom stereocenters. The number of nitrogens with zero attached hydrogens (tertiary/aromatic N) is 2. The Hall–Kier alpha value is -3.84. The monoisotopic (exact) mass is 459 g/mol. The van der Waals surface area contributed by atoms with E-state index < -0.39 is 17.3 Å². The van der Waals surface area contributed by atoms with E-state index in [-0.39, 0.29) is 21.9 Å². The molecular weight excluding hydrogens is 437 g/mol. The standard InChI is InChI=1S/C26H22FN3O2S/c27-22-13-7-8-14-23(22)30-25(32)21(24(31)29-26(30)33)17-28-16-15-20(18-9-3-1-4-10-18)19-11-5-2-6-12-19/h1-14,17,20,32H,15-16H2,(H,29,31,33). The lowest BCUT2D eigenvalue weighted by atomic mass is 9.89. The van der Waals surface area contributed by atoms with Crippen LogP contribution in [-0.2, 0) is 0 Å². The highest BCUT2D eigenvalue weighted by Gasteiger charge is 2.16. The van der Waals surface area contributed by atoms with Crippen LogP contribution in [0.5, 0.6) is 5.88 Å². The summed E-state index contributed by atoms with van der Waals surface area (Å²) in [7, 11) is 0. The van der Waals surface area contributed by atoms with Crippen molar-refractivity contribution >= 4 is 18.4 Å². The number of benzene rings is 3. The van der Waals surface area contributed by atoms with Crippen LogP contribution < -0.4 is 5.56 Å². The number of aromatic hydroxyl groups is 1. The van der Waals surface area contributed by atoms with Gasteiger partial charge >= 0.3 is 0 Å². The Kier molecular flexibility index (Phi) is 6.90. The normalized spacial score (nSPS) is 11.3. The summed E-state index contributed by atoms with van der Waals surface area (Å²) in [6.45, 7) is 0.419. The first kappa shape index (κ1) is 22.4. The van der Waals surface area contributed by atoms with Gasteiger partial charge < -0.3 is 5.11 Å². The van der Waals surface area contributed by atoms with Crippen molar-refractivity contribution < 1.29 is 9.50 Å². The minimum atomic E-state index is -0.587. The van der Waals surface area contributed by atoms with E-state index in [9.17, 15) is 14.3 Å². The number of para-hydroxylation sites is 1. The molecule has 0 atom stereocenters. The van der Waals surface area contributed by atoms with Gasteiger partial charge in [0, 0.05) is 18.7 Å². The maximum atomic E-state index is 14.3. The number of aromatic nitrogens is 2. The van der Waals surface area contributed by atoms with E-state index >= 15 is 0 Å². The minimum absolute atomic E-state index is 0.0409. The van der Waals surface area contributed by atoms with E-state index in [1.54, 1.807) is 6.07 Å². The van der Waals surface area contributed by atoms with Crippen molar-refractivity contribution in [1.29, 1.82) is 0 Å². The molecule has 2 N–H and O–H groups in total. The number of hydrogen-bond donors (Lipinski definition) is 2. The predicted octanol–water partition coefficient (Wildman–Crippen LogP) is 5.38. The molecule has 0 aliphatic carbocycles. The third-order valence-electron chi connectivity index (χ3n) is 5.39. The minimum Gasteiger partial charge on any atom is -0.494 e. The number of halogens is 1. The van der Waals surface area contributed by atoms with Crippen molar-refractivity contribution in [3.63, 3.8) is 0 Å². The van der Waals surface area contributed by atoms with Gasteiger partial charge in [-0.15, -0.1) is 0 Å². The van der Waals surface area contributed by atoms with Gasteiger partial charge in [0.15, 0.2) is 4.77 Å². The van der Waals surface area contributed by atoms with E-state index in [4.69, 9.17) is 12.2 Å². The number of rotatable bonds is 7. The molecule has 7 heteroatoms. The van der Waals surface area contributed by atoms with Gasteiger partial charge in [-0.2, -0.15) is 0 Å². The Balaban J connectivity index is 1.61. The number of aliphatic imine (C=N–C) groups is 1. The van der Waals surface area contributed by atoms with Crippen molar-refractivity contribution in [3.8, 4) is 11.6 Å². The number of hydrogen-bond acceptors (Lipinski definition) is 4. The molecule has 0 radical (unpaired) electrons. The fourth-order valence-electron chi connectivity index (χ4n) is 3.77. The highest BCUT2D eigenvalue weighted by molar-refractivity contribution is 7.71. The summed E-state index contributed by atoms with van der Waals surface area (Å²) in [5, 5.41) is 10.7. The van der Waals surface area contributed by atoms with Crippen LogP contribution in [0, 0.1) is 10.6 Å². The topological polar surface area (TPSA) is 70.4 Å². The molecular formula is C26H22FN3O2S. The molecule has 0 aliphatic heterocycles. The second kappa shape index (κ2) is 10.2. The molecule has 4 aromatic rings. The molecule has 166 valence electrons. The van der Waals surface area contributed by atoms with Crippen LogP contribution in [0.25, 0.3) is 5.69 Å². The van der Waals surface area contributed by atoms with Crippen LogP contribution in [0.3, 0.4) is 0 Å². The Morgan fingerprint density at radius 2 is 1.55 bits per heavy atom. The molecule has 1 aromatic heterocycles. The van der Waals surface area contributed by atoms with Crippen LogP contribution in [0.15, 0.2) is 94.7 Å². The van der Waals surface area contributed by atoms with Gasteiger partial charge in [0.05, 0.1) is 5.69 Å². The first-order chi connectivity index (χ1) is 16.1. The fraction of sp³-hybridized carbons (Fsp3) is 0.115. The molecule has 5 nitrogen and oxygen atoms in total. The fourth-order valence-corrected chi connectivity index (χ4v) is 4.04. The third-order valence-corrected chi connectivity index (χ3v) is 5.67. The second-order valence-corrected chi connectivity index (χ2v) is 7.87. The Labute approximate surface area is 195 Å². The Morgan fingerprint density at radius 1 is 0.970 bits per heavy atom. The van der Waals surface area contributed by atoms with Crippen molar-refractivity contribution in [2.24, 2.45) is 4.99 Å². The van der Waals surface area contributed by atoms with E-state index in [0.29, 0.717) is 13.0 Å². The van der Waals surface area contributed by atoms with Crippen LogP contribution in [0.2, 0.25) is 0 Å². The SMILES string of the molecule is O=c1[nH]c(=S)n(-c2ccccc2F)c(O)c1C=NCCC(c1ccccc1)c1ccccc1. The van der Waals surface area contributed by atoms with Crippen LogP contribution in [-0.4, -0.2) is 27.4 Å². The average molecular weight is 460 g/mol. The Bertz CT molecular complexity index is 1340. The van der Waals surface area contributed by atoms with Crippen molar-refractivity contribution in [2.45, 2.75) is 12.3 Å². The zero-order valence-corrected chi connectivity index (χ0v) is 18.5. The van der Waals surface area contributed by atoms with Crippen LogP contribution >= 0.6 is 12.2 Å². The van der Waals surface area contributed by atoms with Gasteiger partial charge in [0.25, 0.3) is 5.56 Å². The first-order valence-corrected chi connectivity index (χ1v) is 10.9. The summed E-state index contributed by atoms with van der Waals surface area (Å²) in [6.07, 6.45) is 2.02. The Morgan fingerprint density at radius 3 is 2.15 bits per heavy atom. The predicted molar refractivity (Wildman–Crippen MR) is 131 cm³/mol. The largest absolute Gasteiger partial charge is 0.494 e. The van der Waals surface area contributed by atoms with Crippen LogP contribution in [0.1, 0.15) is 29.0 Å². The summed E-state index contributed by atoms with van der Waals surface area (Å²) in [4.78, 5) is 19.3. The van der Waals surface area contributed by atoms with E-state index in [1.165, 1.54) is 35.5 Å². The van der Waals surface area contributed by atoms with E-state index in [0.717, 1.165) is 4.57 Å². The lowest BCUT2D eigenvalue weighted by Crippen LogP contribution is -2.18. The van der Waals surface area contributed by atoms with Gasteiger partial charge in [0.2, 0.25) is 5.88 Å². The summed E-state index contributed by atoms with van der Waals surface area (Å²) in [6, 6.07) is 26.2. The number of nitrogens with one attached hydrogen (secondary N) is 1.